The van der Waals surface area contributed by atoms with Gasteiger partial charge in [-0.15, -0.1) is 10.2 Å². The van der Waals surface area contributed by atoms with E-state index in [1.165, 1.54) is 11.1 Å². The molecule has 0 spiro atoms. The second-order valence-corrected chi connectivity index (χ2v) is 8.26. The van der Waals surface area contributed by atoms with Gasteiger partial charge in [-0.1, -0.05) is 42.0 Å². The van der Waals surface area contributed by atoms with Crippen LogP contribution in [-0.4, -0.2) is 39.8 Å². The third kappa shape index (κ3) is 3.52. The number of hydrogen-bond acceptors (Lipinski definition) is 5. The first-order chi connectivity index (χ1) is 14.7. The maximum absolute atomic E-state index is 5.39. The van der Waals surface area contributed by atoms with Gasteiger partial charge in [-0.2, -0.15) is 0 Å². The Kier molecular flexibility index (Phi) is 5.09. The van der Waals surface area contributed by atoms with Crippen molar-refractivity contribution < 1.29 is 4.74 Å². The fourth-order valence-electron chi connectivity index (χ4n) is 4.50. The molecule has 4 aromatic rings. The monoisotopic (exact) mass is 401 g/mol. The average Bonchev–Trinajstić information content (AvgIpc) is 3.19. The van der Waals surface area contributed by atoms with Crippen molar-refractivity contribution in [2.24, 2.45) is 5.92 Å². The molecule has 1 saturated heterocycles. The molecule has 30 heavy (non-hydrogen) atoms. The summed E-state index contributed by atoms with van der Waals surface area (Å²) < 4.78 is 7.47. The van der Waals surface area contributed by atoms with Crippen LogP contribution in [0.2, 0.25) is 0 Å². The van der Waals surface area contributed by atoms with Crippen LogP contribution in [-0.2, 0) is 17.8 Å². The number of benzene rings is 2. The number of anilines is 1. The molecular formula is C24H27N5O. The van der Waals surface area contributed by atoms with E-state index in [0.717, 1.165) is 60.7 Å². The standard InChI is InChI=1S/C24H27N5O/c1-17-8-9-21-20(14-17)23-27-26-22(16-30-2)29(23)24(25-21)28-12-10-19(11-13-28)15-18-6-4-3-5-7-18/h3-9,14,19H,10-13,15-16H2,1-2H3. The molecule has 1 fully saturated rings. The topological polar surface area (TPSA) is 55.6 Å². The molecule has 1 aliphatic rings. The second-order valence-electron chi connectivity index (χ2n) is 8.26. The molecule has 6 nitrogen and oxygen atoms in total. The van der Waals surface area contributed by atoms with Gasteiger partial charge in [-0.25, -0.2) is 9.38 Å². The van der Waals surface area contributed by atoms with Gasteiger partial charge in [0, 0.05) is 25.6 Å². The first-order valence-corrected chi connectivity index (χ1v) is 10.6. The van der Waals surface area contributed by atoms with Gasteiger partial charge < -0.3 is 9.64 Å². The van der Waals surface area contributed by atoms with Gasteiger partial charge in [-0.3, -0.25) is 0 Å². The summed E-state index contributed by atoms with van der Waals surface area (Å²) in [6, 6.07) is 17.1. The Hall–Kier alpha value is -2.99. The normalized spacial score (nSPS) is 15.3. The highest BCUT2D eigenvalue weighted by Crippen LogP contribution is 2.29. The zero-order valence-electron chi connectivity index (χ0n) is 17.6. The highest BCUT2D eigenvalue weighted by atomic mass is 16.5. The lowest BCUT2D eigenvalue weighted by molar-refractivity contribution is 0.177. The number of nitrogens with zero attached hydrogens (tertiary/aromatic N) is 5. The predicted molar refractivity (Wildman–Crippen MR) is 119 cm³/mol. The van der Waals surface area contributed by atoms with Crippen LogP contribution in [0.4, 0.5) is 5.95 Å². The van der Waals surface area contributed by atoms with Gasteiger partial charge >= 0.3 is 0 Å². The summed E-state index contributed by atoms with van der Waals surface area (Å²) in [5.41, 5.74) is 4.44. The van der Waals surface area contributed by atoms with Crippen LogP contribution in [0.5, 0.6) is 0 Å². The molecule has 154 valence electrons. The Balaban J connectivity index is 1.47. The maximum atomic E-state index is 5.39. The van der Waals surface area contributed by atoms with Gasteiger partial charge in [0.2, 0.25) is 5.95 Å². The Morgan fingerprint density at radius 1 is 1.03 bits per heavy atom. The molecule has 0 N–H and O–H groups in total. The summed E-state index contributed by atoms with van der Waals surface area (Å²) in [5, 5.41) is 9.95. The molecule has 0 amide bonds. The number of fused-ring (bicyclic) bond motifs is 3. The average molecular weight is 402 g/mol. The van der Waals surface area contributed by atoms with Gasteiger partial charge in [0.05, 0.1) is 5.52 Å². The number of hydrogen-bond donors (Lipinski definition) is 0. The van der Waals surface area contributed by atoms with E-state index in [2.05, 4.69) is 75.0 Å². The number of ether oxygens (including phenoxy) is 1. The van der Waals surface area contributed by atoms with Crippen molar-refractivity contribution in [3.63, 3.8) is 0 Å². The van der Waals surface area contributed by atoms with Crippen molar-refractivity contribution in [3.05, 3.63) is 65.5 Å². The predicted octanol–water partition coefficient (Wildman–Crippen LogP) is 4.19. The highest BCUT2D eigenvalue weighted by Gasteiger charge is 2.24. The zero-order valence-corrected chi connectivity index (χ0v) is 17.6. The molecule has 0 radical (unpaired) electrons. The summed E-state index contributed by atoms with van der Waals surface area (Å²) in [6.07, 6.45) is 3.47. The first kappa shape index (κ1) is 19.0. The van der Waals surface area contributed by atoms with Crippen molar-refractivity contribution in [1.29, 1.82) is 0 Å². The fraction of sp³-hybridized carbons (Fsp3) is 0.375. The van der Waals surface area contributed by atoms with Crippen molar-refractivity contribution in [2.45, 2.75) is 32.8 Å². The minimum absolute atomic E-state index is 0.414. The molecule has 2 aromatic carbocycles. The molecule has 3 heterocycles. The molecule has 6 heteroatoms. The SMILES string of the molecule is COCc1nnc2c3cc(C)ccc3nc(N3CCC(Cc4ccccc4)CC3)n12. The first-order valence-electron chi connectivity index (χ1n) is 10.6. The van der Waals surface area contributed by atoms with E-state index in [9.17, 15) is 0 Å². The van der Waals surface area contributed by atoms with E-state index < -0.39 is 0 Å². The molecule has 0 aliphatic carbocycles. The molecule has 1 aliphatic heterocycles. The van der Waals surface area contributed by atoms with Gasteiger partial charge in [-0.05, 0) is 49.8 Å². The maximum Gasteiger partial charge on any atom is 0.213 e. The molecule has 2 aromatic heterocycles. The van der Waals surface area contributed by atoms with Crippen LogP contribution in [0.1, 0.15) is 29.8 Å². The summed E-state index contributed by atoms with van der Waals surface area (Å²) in [7, 11) is 1.69. The van der Waals surface area contributed by atoms with Crippen LogP contribution in [0.3, 0.4) is 0 Å². The van der Waals surface area contributed by atoms with E-state index in [4.69, 9.17) is 9.72 Å². The van der Waals surface area contributed by atoms with Crippen LogP contribution in [0, 0.1) is 12.8 Å². The minimum atomic E-state index is 0.414. The van der Waals surface area contributed by atoms with E-state index in [0.29, 0.717) is 12.5 Å². The van der Waals surface area contributed by atoms with Crippen molar-refractivity contribution in [1.82, 2.24) is 19.6 Å². The largest absolute Gasteiger partial charge is 0.377 e. The zero-order chi connectivity index (χ0) is 20.5. The van der Waals surface area contributed by atoms with E-state index >= 15 is 0 Å². The number of rotatable bonds is 5. The fourth-order valence-corrected chi connectivity index (χ4v) is 4.50. The minimum Gasteiger partial charge on any atom is -0.377 e. The molecular weight excluding hydrogens is 374 g/mol. The Morgan fingerprint density at radius 2 is 1.83 bits per heavy atom. The Bertz CT molecular complexity index is 1160. The lowest BCUT2D eigenvalue weighted by Crippen LogP contribution is -2.36. The van der Waals surface area contributed by atoms with Crippen molar-refractivity contribution >= 4 is 22.5 Å². The third-order valence-electron chi connectivity index (χ3n) is 6.08. The third-order valence-corrected chi connectivity index (χ3v) is 6.08. The van der Waals surface area contributed by atoms with Gasteiger partial charge in [0.1, 0.15) is 6.61 Å². The molecule has 0 bridgehead atoms. The van der Waals surface area contributed by atoms with Crippen molar-refractivity contribution in [3.8, 4) is 0 Å². The summed E-state index contributed by atoms with van der Waals surface area (Å²) in [5.74, 6) is 2.43. The van der Waals surface area contributed by atoms with Crippen LogP contribution < -0.4 is 4.90 Å². The number of piperidine rings is 1. The molecule has 0 saturated carbocycles. The summed E-state index contributed by atoms with van der Waals surface area (Å²) in [4.78, 5) is 7.43. The quantitative estimate of drug-likeness (QED) is 0.502. The lowest BCUT2D eigenvalue weighted by atomic mass is 9.90. The van der Waals surface area contributed by atoms with E-state index in [1.54, 1.807) is 7.11 Å². The lowest BCUT2D eigenvalue weighted by Gasteiger charge is -2.33. The smallest absolute Gasteiger partial charge is 0.213 e. The molecule has 5 rings (SSSR count). The van der Waals surface area contributed by atoms with Crippen LogP contribution in [0.25, 0.3) is 16.6 Å². The number of aryl methyl sites for hydroxylation is 1. The molecule has 0 atom stereocenters. The van der Waals surface area contributed by atoms with Crippen LogP contribution in [0.15, 0.2) is 48.5 Å². The Morgan fingerprint density at radius 3 is 2.60 bits per heavy atom. The molecule has 0 unspecified atom stereocenters. The van der Waals surface area contributed by atoms with Gasteiger partial charge in [0.15, 0.2) is 11.5 Å². The van der Waals surface area contributed by atoms with E-state index in [1.807, 2.05) is 0 Å². The van der Waals surface area contributed by atoms with E-state index in [-0.39, 0.29) is 0 Å². The second kappa shape index (κ2) is 8.03. The number of aromatic nitrogens is 4. The van der Waals surface area contributed by atoms with Gasteiger partial charge in [0.25, 0.3) is 0 Å². The summed E-state index contributed by atoms with van der Waals surface area (Å²) >= 11 is 0. The number of methoxy groups -OCH3 is 1. The Labute approximate surface area is 176 Å². The summed E-state index contributed by atoms with van der Waals surface area (Å²) in [6.45, 7) is 4.48. The highest BCUT2D eigenvalue weighted by molar-refractivity contribution is 5.93. The van der Waals surface area contributed by atoms with Crippen molar-refractivity contribution in [2.75, 3.05) is 25.1 Å². The van der Waals surface area contributed by atoms with Crippen LogP contribution >= 0.6 is 0 Å².